The lowest BCUT2D eigenvalue weighted by molar-refractivity contribution is 0.237. The SMILES string of the molecule is Fc1ccc(-c2ncc(OCC3CCCCN3)cn2)cc1. The Labute approximate surface area is 123 Å². The van der Waals surface area contributed by atoms with Crippen LogP contribution in [-0.2, 0) is 0 Å². The van der Waals surface area contributed by atoms with E-state index in [1.165, 1.54) is 25.0 Å². The molecule has 0 bridgehead atoms. The zero-order valence-electron chi connectivity index (χ0n) is 11.8. The van der Waals surface area contributed by atoms with Crippen LogP contribution in [0.2, 0.25) is 0 Å². The molecule has 21 heavy (non-hydrogen) atoms. The predicted octanol–water partition coefficient (Wildman–Crippen LogP) is 2.80. The summed E-state index contributed by atoms with van der Waals surface area (Å²) in [5, 5.41) is 3.43. The number of hydrogen-bond donors (Lipinski definition) is 1. The lowest BCUT2D eigenvalue weighted by atomic mass is 10.1. The molecule has 2 aromatic rings. The number of nitrogens with one attached hydrogen (secondary N) is 1. The van der Waals surface area contributed by atoms with Crippen LogP contribution in [0.25, 0.3) is 11.4 Å². The van der Waals surface area contributed by atoms with Gasteiger partial charge in [0.05, 0.1) is 12.4 Å². The van der Waals surface area contributed by atoms with Gasteiger partial charge >= 0.3 is 0 Å². The molecule has 1 aromatic heterocycles. The van der Waals surface area contributed by atoms with E-state index in [1.807, 2.05) is 0 Å². The van der Waals surface area contributed by atoms with E-state index in [0.29, 0.717) is 24.2 Å². The van der Waals surface area contributed by atoms with E-state index >= 15 is 0 Å². The van der Waals surface area contributed by atoms with Gasteiger partial charge in [-0.2, -0.15) is 0 Å². The molecular formula is C16H18FN3O. The molecule has 1 saturated heterocycles. The van der Waals surface area contributed by atoms with E-state index in [1.54, 1.807) is 24.5 Å². The van der Waals surface area contributed by atoms with Crippen molar-refractivity contribution in [1.82, 2.24) is 15.3 Å². The monoisotopic (exact) mass is 287 g/mol. The molecule has 2 heterocycles. The molecule has 0 spiro atoms. The first-order valence-electron chi connectivity index (χ1n) is 7.25. The molecule has 1 aliphatic heterocycles. The van der Waals surface area contributed by atoms with Crippen LogP contribution >= 0.6 is 0 Å². The highest BCUT2D eigenvalue weighted by molar-refractivity contribution is 5.54. The van der Waals surface area contributed by atoms with Crippen molar-refractivity contribution >= 4 is 0 Å². The second-order valence-electron chi connectivity index (χ2n) is 5.21. The van der Waals surface area contributed by atoms with Gasteiger partial charge in [0.2, 0.25) is 0 Å². The Morgan fingerprint density at radius 2 is 1.90 bits per heavy atom. The van der Waals surface area contributed by atoms with E-state index < -0.39 is 0 Å². The standard InChI is InChI=1S/C16H18FN3O/c17-13-6-4-12(5-7-13)16-19-9-15(10-20-16)21-11-14-3-1-2-8-18-14/h4-7,9-10,14,18H,1-3,8,11H2. The maximum atomic E-state index is 12.9. The fourth-order valence-electron chi connectivity index (χ4n) is 2.40. The molecule has 0 aliphatic carbocycles. The number of halogens is 1. The highest BCUT2D eigenvalue weighted by Gasteiger charge is 2.13. The topological polar surface area (TPSA) is 47.0 Å². The third kappa shape index (κ3) is 3.76. The van der Waals surface area contributed by atoms with Crippen LogP contribution in [0.15, 0.2) is 36.7 Å². The quantitative estimate of drug-likeness (QED) is 0.939. The molecule has 4 nitrogen and oxygen atoms in total. The summed E-state index contributed by atoms with van der Waals surface area (Å²) in [4.78, 5) is 8.53. The molecule has 1 fully saturated rings. The van der Waals surface area contributed by atoms with Crippen LogP contribution in [0.3, 0.4) is 0 Å². The zero-order chi connectivity index (χ0) is 14.5. The minimum absolute atomic E-state index is 0.265. The van der Waals surface area contributed by atoms with Crippen molar-refractivity contribution in [2.45, 2.75) is 25.3 Å². The van der Waals surface area contributed by atoms with Crippen LogP contribution in [0.5, 0.6) is 5.75 Å². The summed E-state index contributed by atoms with van der Waals surface area (Å²) in [5.74, 6) is 0.963. The Kier molecular flexibility index (Phi) is 4.40. The molecule has 1 atom stereocenters. The predicted molar refractivity (Wildman–Crippen MR) is 78.6 cm³/mol. The second kappa shape index (κ2) is 6.63. The molecule has 110 valence electrons. The summed E-state index contributed by atoms with van der Waals surface area (Å²) in [6.07, 6.45) is 6.96. The number of ether oxygens (including phenoxy) is 1. The average molecular weight is 287 g/mol. The Bertz CT molecular complexity index is 565. The van der Waals surface area contributed by atoms with E-state index in [2.05, 4.69) is 15.3 Å². The Morgan fingerprint density at radius 3 is 2.57 bits per heavy atom. The minimum Gasteiger partial charge on any atom is -0.489 e. The van der Waals surface area contributed by atoms with Gasteiger partial charge in [-0.3, -0.25) is 0 Å². The van der Waals surface area contributed by atoms with Gasteiger partial charge in [-0.15, -0.1) is 0 Å². The van der Waals surface area contributed by atoms with Crippen molar-refractivity contribution in [2.24, 2.45) is 0 Å². The maximum Gasteiger partial charge on any atom is 0.159 e. The molecular weight excluding hydrogens is 269 g/mol. The van der Waals surface area contributed by atoms with Crippen LogP contribution in [0.4, 0.5) is 4.39 Å². The van der Waals surface area contributed by atoms with Gasteiger partial charge in [-0.25, -0.2) is 14.4 Å². The molecule has 5 heteroatoms. The second-order valence-corrected chi connectivity index (χ2v) is 5.21. The van der Waals surface area contributed by atoms with Gasteiger partial charge in [-0.1, -0.05) is 6.42 Å². The Morgan fingerprint density at radius 1 is 1.14 bits per heavy atom. The van der Waals surface area contributed by atoms with E-state index in [-0.39, 0.29) is 5.82 Å². The van der Waals surface area contributed by atoms with Crippen LogP contribution in [0.1, 0.15) is 19.3 Å². The highest BCUT2D eigenvalue weighted by Crippen LogP contribution is 2.17. The van der Waals surface area contributed by atoms with Crippen LogP contribution < -0.4 is 10.1 Å². The normalized spacial score (nSPS) is 18.4. The molecule has 1 N–H and O–H groups in total. The maximum absolute atomic E-state index is 12.9. The van der Waals surface area contributed by atoms with Gasteiger partial charge in [-0.05, 0) is 43.7 Å². The van der Waals surface area contributed by atoms with Crippen molar-refractivity contribution < 1.29 is 9.13 Å². The molecule has 0 saturated carbocycles. The summed E-state index contributed by atoms with van der Waals surface area (Å²) in [5.41, 5.74) is 0.789. The molecule has 1 unspecified atom stereocenters. The van der Waals surface area contributed by atoms with E-state index in [0.717, 1.165) is 18.5 Å². The molecule has 0 radical (unpaired) electrons. The van der Waals surface area contributed by atoms with E-state index in [4.69, 9.17) is 4.74 Å². The molecule has 0 amide bonds. The summed E-state index contributed by atoms with van der Waals surface area (Å²) < 4.78 is 18.6. The first-order chi connectivity index (χ1) is 10.3. The van der Waals surface area contributed by atoms with Gasteiger partial charge < -0.3 is 10.1 Å². The third-order valence-corrected chi connectivity index (χ3v) is 3.59. The van der Waals surface area contributed by atoms with Gasteiger partial charge in [0.15, 0.2) is 11.6 Å². The Hall–Kier alpha value is -2.01. The van der Waals surface area contributed by atoms with Crippen LogP contribution in [-0.4, -0.2) is 29.2 Å². The number of piperidine rings is 1. The largest absolute Gasteiger partial charge is 0.489 e. The van der Waals surface area contributed by atoms with Crippen LogP contribution in [0, 0.1) is 5.82 Å². The third-order valence-electron chi connectivity index (χ3n) is 3.59. The summed E-state index contributed by atoms with van der Waals surface area (Å²) in [7, 11) is 0. The van der Waals surface area contributed by atoms with Crippen molar-refractivity contribution in [3.05, 3.63) is 42.5 Å². The fraction of sp³-hybridized carbons (Fsp3) is 0.375. The van der Waals surface area contributed by atoms with Gasteiger partial charge in [0.25, 0.3) is 0 Å². The van der Waals surface area contributed by atoms with Gasteiger partial charge in [0, 0.05) is 11.6 Å². The molecule has 1 aromatic carbocycles. The van der Waals surface area contributed by atoms with Crippen molar-refractivity contribution in [1.29, 1.82) is 0 Å². The average Bonchev–Trinajstić information content (AvgIpc) is 2.55. The summed E-state index contributed by atoms with van der Waals surface area (Å²) >= 11 is 0. The first kappa shape index (κ1) is 13.9. The highest BCUT2D eigenvalue weighted by atomic mass is 19.1. The Balaban J connectivity index is 1.59. The first-order valence-corrected chi connectivity index (χ1v) is 7.25. The van der Waals surface area contributed by atoms with Crippen molar-refractivity contribution in [2.75, 3.05) is 13.2 Å². The number of nitrogens with zero attached hydrogens (tertiary/aromatic N) is 2. The van der Waals surface area contributed by atoms with Crippen molar-refractivity contribution in [3.8, 4) is 17.1 Å². The number of hydrogen-bond acceptors (Lipinski definition) is 4. The smallest absolute Gasteiger partial charge is 0.159 e. The van der Waals surface area contributed by atoms with Gasteiger partial charge in [0.1, 0.15) is 12.4 Å². The fourth-order valence-corrected chi connectivity index (χ4v) is 2.40. The number of aromatic nitrogens is 2. The number of benzene rings is 1. The zero-order valence-corrected chi connectivity index (χ0v) is 11.8. The lowest BCUT2D eigenvalue weighted by Gasteiger charge is -2.23. The lowest BCUT2D eigenvalue weighted by Crippen LogP contribution is -2.38. The molecule has 3 rings (SSSR count). The summed E-state index contributed by atoms with van der Waals surface area (Å²) in [6, 6.07) is 6.54. The number of rotatable bonds is 4. The molecule has 1 aliphatic rings. The summed E-state index contributed by atoms with van der Waals surface area (Å²) in [6.45, 7) is 1.70. The van der Waals surface area contributed by atoms with E-state index in [9.17, 15) is 4.39 Å². The van der Waals surface area contributed by atoms with Crippen molar-refractivity contribution in [3.63, 3.8) is 0 Å². The minimum atomic E-state index is -0.265.